The van der Waals surface area contributed by atoms with Crippen molar-refractivity contribution in [1.82, 2.24) is 10.2 Å². The molecule has 2 amide bonds. The van der Waals surface area contributed by atoms with Crippen molar-refractivity contribution in [3.8, 4) is 5.75 Å². The molecule has 1 atom stereocenters. The number of rotatable bonds is 8. The highest BCUT2D eigenvalue weighted by Crippen LogP contribution is 2.17. The van der Waals surface area contributed by atoms with Crippen LogP contribution >= 0.6 is 0 Å². The number of ether oxygens (including phenoxy) is 1. The van der Waals surface area contributed by atoms with E-state index in [9.17, 15) is 14.0 Å². The molecule has 0 radical (unpaired) electrons. The minimum atomic E-state index is -0.628. The van der Waals surface area contributed by atoms with Gasteiger partial charge >= 0.3 is 0 Å². The molecule has 1 N–H and O–H groups in total. The van der Waals surface area contributed by atoms with E-state index in [1.807, 2.05) is 37.3 Å². The predicted octanol–water partition coefficient (Wildman–Crippen LogP) is 2.76. The minimum absolute atomic E-state index is 0.00787. The smallest absolute Gasteiger partial charge is 0.261 e. The Kier molecular flexibility index (Phi) is 7.14. The van der Waals surface area contributed by atoms with Crippen LogP contribution < -0.4 is 10.1 Å². The summed E-state index contributed by atoms with van der Waals surface area (Å²) in [5, 5.41) is 2.59. The highest BCUT2D eigenvalue weighted by Gasteiger charge is 2.28. The van der Waals surface area contributed by atoms with Crippen LogP contribution in [0.5, 0.6) is 5.75 Å². The molecule has 0 saturated carbocycles. The first kappa shape index (κ1) is 19.4. The number of hydrogen-bond acceptors (Lipinski definition) is 3. The standard InChI is InChI=1S/C20H23FN2O3/c1-3-17(20(25)22-2)23(13-15-9-5-4-6-10-15)19(24)14-26-18-12-8-7-11-16(18)21/h4-12,17H,3,13-14H2,1-2H3,(H,22,25)/t17-/m0/s1. The average Bonchev–Trinajstić information content (AvgIpc) is 2.67. The summed E-state index contributed by atoms with van der Waals surface area (Å²) < 4.78 is 19.0. The Hall–Kier alpha value is -2.89. The molecule has 5 nitrogen and oxygen atoms in total. The molecule has 0 aromatic heterocycles. The topological polar surface area (TPSA) is 58.6 Å². The van der Waals surface area contributed by atoms with Crippen molar-refractivity contribution >= 4 is 11.8 Å². The maximum atomic E-state index is 13.7. The van der Waals surface area contributed by atoms with Gasteiger partial charge in [-0.15, -0.1) is 0 Å². The van der Waals surface area contributed by atoms with E-state index < -0.39 is 11.9 Å². The molecule has 2 rings (SSSR count). The van der Waals surface area contributed by atoms with Gasteiger partial charge in [-0.3, -0.25) is 9.59 Å². The number of carbonyl (C=O) groups excluding carboxylic acids is 2. The average molecular weight is 358 g/mol. The Labute approximate surface area is 152 Å². The van der Waals surface area contributed by atoms with Crippen LogP contribution in [0.3, 0.4) is 0 Å². The predicted molar refractivity (Wildman–Crippen MR) is 97.0 cm³/mol. The minimum Gasteiger partial charge on any atom is -0.481 e. The van der Waals surface area contributed by atoms with Crippen molar-refractivity contribution in [2.24, 2.45) is 0 Å². The molecular weight excluding hydrogens is 335 g/mol. The van der Waals surface area contributed by atoms with Gasteiger partial charge in [-0.1, -0.05) is 49.4 Å². The van der Waals surface area contributed by atoms with Gasteiger partial charge in [0.2, 0.25) is 5.91 Å². The Morgan fingerprint density at radius 3 is 2.38 bits per heavy atom. The van der Waals surface area contributed by atoms with Crippen molar-refractivity contribution < 1.29 is 18.7 Å². The van der Waals surface area contributed by atoms with Crippen LogP contribution in [0.2, 0.25) is 0 Å². The fourth-order valence-corrected chi connectivity index (χ4v) is 2.65. The maximum absolute atomic E-state index is 13.7. The monoisotopic (exact) mass is 358 g/mol. The summed E-state index contributed by atoms with van der Waals surface area (Å²) in [4.78, 5) is 26.4. The van der Waals surface area contributed by atoms with E-state index in [-0.39, 0.29) is 30.7 Å². The SMILES string of the molecule is CC[C@@H](C(=O)NC)N(Cc1ccccc1)C(=O)COc1ccccc1F. The molecule has 26 heavy (non-hydrogen) atoms. The quantitative estimate of drug-likeness (QED) is 0.789. The van der Waals surface area contributed by atoms with Crippen molar-refractivity contribution in [1.29, 1.82) is 0 Å². The highest BCUT2D eigenvalue weighted by atomic mass is 19.1. The Bertz CT molecular complexity index is 737. The summed E-state index contributed by atoms with van der Waals surface area (Å²) in [6.45, 7) is 1.76. The number of nitrogens with one attached hydrogen (secondary N) is 1. The van der Waals surface area contributed by atoms with Gasteiger partial charge in [-0.2, -0.15) is 0 Å². The number of hydrogen-bond donors (Lipinski definition) is 1. The number of halogens is 1. The molecule has 0 fully saturated rings. The molecule has 138 valence electrons. The van der Waals surface area contributed by atoms with E-state index in [4.69, 9.17) is 4.74 Å². The van der Waals surface area contributed by atoms with Gasteiger partial charge in [0.15, 0.2) is 18.2 Å². The summed E-state index contributed by atoms with van der Waals surface area (Å²) in [6.07, 6.45) is 0.456. The van der Waals surface area contributed by atoms with Crippen LogP contribution in [0, 0.1) is 5.82 Å². The van der Waals surface area contributed by atoms with Crippen LogP contribution in [0.4, 0.5) is 4.39 Å². The van der Waals surface area contributed by atoms with E-state index in [2.05, 4.69) is 5.32 Å². The van der Waals surface area contributed by atoms with Crippen molar-refractivity contribution in [2.75, 3.05) is 13.7 Å². The van der Waals surface area contributed by atoms with Crippen LogP contribution in [0.25, 0.3) is 0 Å². The fraction of sp³-hybridized carbons (Fsp3) is 0.300. The van der Waals surface area contributed by atoms with Gasteiger partial charge in [0.05, 0.1) is 0 Å². The molecule has 0 aliphatic heterocycles. The van der Waals surface area contributed by atoms with E-state index >= 15 is 0 Å². The number of amides is 2. The summed E-state index contributed by atoms with van der Waals surface area (Å²) in [5.41, 5.74) is 0.897. The summed E-state index contributed by atoms with van der Waals surface area (Å²) in [5.74, 6) is -1.16. The molecule has 2 aromatic rings. The van der Waals surface area contributed by atoms with Crippen molar-refractivity contribution in [3.05, 3.63) is 66.0 Å². The molecule has 2 aromatic carbocycles. The van der Waals surface area contributed by atoms with E-state index in [1.54, 1.807) is 12.1 Å². The molecule has 0 bridgehead atoms. The largest absolute Gasteiger partial charge is 0.481 e. The number of nitrogens with zero attached hydrogens (tertiary/aromatic N) is 1. The third kappa shape index (κ3) is 5.05. The number of carbonyl (C=O) groups is 2. The molecule has 0 unspecified atom stereocenters. The molecule has 0 aliphatic carbocycles. The molecule has 0 saturated heterocycles. The third-order valence-electron chi connectivity index (χ3n) is 4.02. The molecule has 0 heterocycles. The Morgan fingerprint density at radius 1 is 1.12 bits per heavy atom. The third-order valence-corrected chi connectivity index (χ3v) is 4.02. The Balaban J connectivity index is 2.17. The molecule has 6 heteroatoms. The molecule has 0 aliphatic rings. The number of benzene rings is 2. The van der Waals surface area contributed by atoms with Crippen LogP contribution in [-0.4, -0.2) is 36.4 Å². The first-order valence-electron chi connectivity index (χ1n) is 8.49. The summed E-state index contributed by atoms with van der Waals surface area (Å²) >= 11 is 0. The Morgan fingerprint density at radius 2 is 1.77 bits per heavy atom. The normalized spacial score (nSPS) is 11.5. The molecule has 0 spiro atoms. The lowest BCUT2D eigenvalue weighted by molar-refractivity contribution is -0.142. The van der Waals surface area contributed by atoms with Gasteiger partial charge in [0.1, 0.15) is 6.04 Å². The van der Waals surface area contributed by atoms with Crippen molar-refractivity contribution in [2.45, 2.75) is 25.9 Å². The maximum Gasteiger partial charge on any atom is 0.261 e. The summed E-state index contributed by atoms with van der Waals surface area (Å²) in [7, 11) is 1.53. The van der Waals surface area contributed by atoms with E-state index in [0.717, 1.165) is 5.56 Å². The van der Waals surface area contributed by atoms with Gasteiger partial charge in [0, 0.05) is 13.6 Å². The lowest BCUT2D eigenvalue weighted by Gasteiger charge is -2.30. The number of para-hydroxylation sites is 1. The second-order valence-electron chi connectivity index (χ2n) is 5.76. The van der Waals surface area contributed by atoms with Crippen LogP contribution in [0.15, 0.2) is 54.6 Å². The summed E-state index contributed by atoms with van der Waals surface area (Å²) in [6, 6.07) is 14.7. The van der Waals surface area contributed by atoms with Crippen LogP contribution in [0.1, 0.15) is 18.9 Å². The highest BCUT2D eigenvalue weighted by molar-refractivity contribution is 5.88. The van der Waals surface area contributed by atoms with Crippen LogP contribution in [-0.2, 0) is 16.1 Å². The number of likely N-dealkylation sites (N-methyl/N-ethyl adjacent to an activating group) is 1. The van der Waals surface area contributed by atoms with Gasteiger partial charge in [0.25, 0.3) is 5.91 Å². The first-order valence-corrected chi connectivity index (χ1v) is 8.49. The molecular formula is C20H23FN2O3. The second kappa shape index (κ2) is 9.56. The van der Waals surface area contributed by atoms with Gasteiger partial charge in [-0.25, -0.2) is 4.39 Å². The fourth-order valence-electron chi connectivity index (χ4n) is 2.65. The lowest BCUT2D eigenvalue weighted by atomic mass is 10.1. The zero-order valence-corrected chi connectivity index (χ0v) is 14.9. The lowest BCUT2D eigenvalue weighted by Crippen LogP contribution is -2.49. The zero-order chi connectivity index (χ0) is 18.9. The van der Waals surface area contributed by atoms with Gasteiger partial charge in [-0.05, 0) is 24.1 Å². The zero-order valence-electron chi connectivity index (χ0n) is 14.9. The van der Waals surface area contributed by atoms with Crippen molar-refractivity contribution in [3.63, 3.8) is 0 Å². The van der Waals surface area contributed by atoms with E-state index in [0.29, 0.717) is 6.42 Å². The second-order valence-corrected chi connectivity index (χ2v) is 5.76. The van der Waals surface area contributed by atoms with E-state index in [1.165, 1.54) is 24.1 Å². The first-order chi connectivity index (χ1) is 12.6. The van der Waals surface area contributed by atoms with Gasteiger partial charge < -0.3 is 15.0 Å².